The third-order valence-electron chi connectivity index (χ3n) is 2.55. The first-order valence-corrected chi connectivity index (χ1v) is 7.71. The zero-order valence-corrected chi connectivity index (χ0v) is 12.9. The number of aryl methyl sites for hydroxylation is 1. The molecule has 0 aliphatic rings. The summed E-state index contributed by atoms with van der Waals surface area (Å²) in [5.41, 5.74) is 2.49. The van der Waals surface area contributed by atoms with Crippen LogP contribution in [-0.2, 0) is 10.5 Å². The number of hydrogen-bond donors (Lipinski definition) is 0. The van der Waals surface area contributed by atoms with Crippen LogP contribution in [0.2, 0.25) is 5.15 Å². The second-order valence-corrected chi connectivity index (χ2v) is 6.39. The molecule has 0 bridgehead atoms. The molecule has 0 unspecified atom stereocenters. The van der Waals surface area contributed by atoms with Gasteiger partial charge < -0.3 is 4.74 Å². The number of carbonyl (C=O) groups is 1. The van der Waals surface area contributed by atoms with Crippen LogP contribution in [0.3, 0.4) is 0 Å². The van der Waals surface area contributed by atoms with Gasteiger partial charge in [0, 0.05) is 5.75 Å². The predicted molar refractivity (Wildman–Crippen MR) is 79.2 cm³/mol. The summed E-state index contributed by atoms with van der Waals surface area (Å²) >= 11 is 8.75. The Hall–Kier alpha value is -1.04. The largest absolute Gasteiger partial charge is 0.465 e. The lowest BCUT2D eigenvalue weighted by atomic mass is 10.1. The number of methoxy groups -OCH3 is 1. The van der Waals surface area contributed by atoms with Crippen molar-refractivity contribution in [2.24, 2.45) is 0 Å². The molecule has 0 spiro atoms. The first kappa shape index (κ1) is 14.4. The van der Waals surface area contributed by atoms with E-state index < -0.39 is 5.97 Å². The molecule has 0 aliphatic carbocycles. The highest BCUT2D eigenvalue weighted by molar-refractivity contribution is 8.00. The van der Waals surface area contributed by atoms with E-state index in [1.165, 1.54) is 29.6 Å². The fourth-order valence-electron chi connectivity index (χ4n) is 1.48. The van der Waals surface area contributed by atoms with E-state index in [4.69, 9.17) is 11.6 Å². The summed E-state index contributed by atoms with van der Waals surface area (Å²) in [6.07, 6.45) is 0. The molecule has 2 aromatic rings. The van der Waals surface area contributed by atoms with Crippen molar-refractivity contribution >= 4 is 40.7 Å². The van der Waals surface area contributed by atoms with Crippen LogP contribution < -0.4 is 0 Å². The average molecular weight is 314 g/mol. The topological polar surface area (TPSA) is 39.2 Å². The fraction of sp³-hybridized carbons (Fsp3) is 0.231. The van der Waals surface area contributed by atoms with E-state index in [0.717, 1.165) is 10.1 Å². The van der Waals surface area contributed by atoms with E-state index in [2.05, 4.69) is 28.8 Å². The Balaban J connectivity index is 2.09. The van der Waals surface area contributed by atoms with Crippen LogP contribution in [-0.4, -0.2) is 18.1 Å². The first-order valence-electron chi connectivity index (χ1n) is 5.53. The van der Waals surface area contributed by atoms with Gasteiger partial charge in [-0.05, 0) is 18.1 Å². The molecule has 2 rings (SSSR count). The van der Waals surface area contributed by atoms with Crippen LogP contribution in [0.15, 0.2) is 28.6 Å². The Kier molecular flexibility index (Phi) is 4.85. The number of benzene rings is 1. The van der Waals surface area contributed by atoms with Gasteiger partial charge in [-0.25, -0.2) is 9.78 Å². The second kappa shape index (κ2) is 6.41. The Morgan fingerprint density at radius 1 is 1.47 bits per heavy atom. The number of esters is 1. The normalized spacial score (nSPS) is 10.5. The molecule has 100 valence electrons. The molecule has 1 heterocycles. The number of aromatic nitrogens is 1. The van der Waals surface area contributed by atoms with Crippen molar-refractivity contribution in [3.8, 4) is 0 Å². The Morgan fingerprint density at radius 3 is 2.89 bits per heavy atom. The zero-order valence-electron chi connectivity index (χ0n) is 10.5. The lowest BCUT2D eigenvalue weighted by Crippen LogP contribution is -1.98. The fourth-order valence-corrected chi connectivity index (χ4v) is 3.88. The molecule has 19 heavy (non-hydrogen) atoms. The van der Waals surface area contributed by atoms with Gasteiger partial charge in [-0.15, -0.1) is 0 Å². The highest BCUT2D eigenvalue weighted by Gasteiger charge is 2.17. The van der Waals surface area contributed by atoms with Crippen molar-refractivity contribution < 1.29 is 9.53 Å². The second-order valence-electron chi connectivity index (χ2n) is 3.81. The van der Waals surface area contributed by atoms with Crippen molar-refractivity contribution in [3.05, 3.63) is 45.4 Å². The summed E-state index contributed by atoms with van der Waals surface area (Å²) in [4.78, 5) is 16.0. The molecular formula is C13H12ClNO2S2. The van der Waals surface area contributed by atoms with Crippen molar-refractivity contribution in [1.29, 1.82) is 0 Å². The van der Waals surface area contributed by atoms with Crippen LogP contribution in [0, 0.1) is 6.92 Å². The average Bonchev–Trinajstić information content (AvgIpc) is 2.78. The number of thioether (sulfide) groups is 1. The first-order chi connectivity index (χ1) is 9.11. The van der Waals surface area contributed by atoms with Gasteiger partial charge in [-0.3, -0.25) is 0 Å². The monoisotopic (exact) mass is 313 g/mol. The number of hydrogen-bond acceptors (Lipinski definition) is 5. The number of halogens is 1. The van der Waals surface area contributed by atoms with Gasteiger partial charge in [0.25, 0.3) is 0 Å². The quantitative estimate of drug-likeness (QED) is 0.627. The minimum atomic E-state index is -0.440. The van der Waals surface area contributed by atoms with Gasteiger partial charge in [-0.2, -0.15) is 0 Å². The van der Waals surface area contributed by atoms with E-state index in [-0.39, 0.29) is 5.15 Å². The summed E-state index contributed by atoms with van der Waals surface area (Å²) in [6.45, 7) is 2.07. The number of ether oxygens (including phenoxy) is 1. The van der Waals surface area contributed by atoms with Crippen LogP contribution in [0.1, 0.15) is 20.8 Å². The number of carbonyl (C=O) groups excluding carboxylic acids is 1. The van der Waals surface area contributed by atoms with Gasteiger partial charge in [-0.1, -0.05) is 59.0 Å². The van der Waals surface area contributed by atoms with Crippen LogP contribution >= 0.6 is 34.7 Å². The van der Waals surface area contributed by atoms with E-state index in [0.29, 0.717) is 4.88 Å². The third-order valence-corrected chi connectivity index (χ3v) is 5.16. The van der Waals surface area contributed by atoms with Crippen LogP contribution in [0.5, 0.6) is 0 Å². The van der Waals surface area contributed by atoms with E-state index >= 15 is 0 Å². The summed E-state index contributed by atoms with van der Waals surface area (Å²) in [6, 6.07) is 8.18. The van der Waals surface area contributed by atoms with Crippen molar-refractivity contribution in [2.45, 2.75) is 17.0 Å². The molecule has 0 radical (unpaired) electrons. The van der Waals surface area contributed by atoms with Gasteiger partial charge >= 0.3 is 5.97 Å². The van der Waals surface area contributed by atoms with Gasteiger partial charge in [0.05, 0.1) is 7.11 Å². The molecule has 0 saturated carbocycles. The lowest BCUT2D eigenvalue weighted by molar-refractivity contribution is 0.0606. The lowest BCUT2D eigenvalue weighted by Gasteiger charge is -2.02. The van der Waals surface area contributed by atoms with E-state index in [1.807, 2.05) is 12.1 Å². The highest BCUT2D eigenvalue weighted by Crippen LogP contribution is 2.32. The summed E-state index contributed by atoms with van der Waals surface area (Å²) in [5.74, 6) is 0.363. The van der Waals surface area contributed by atoms with Gasteiger partial charge in [0.2, 0.25) is 0 Å². The molecule has 0 atom stereocenters. The molecule has 0 N–H and O–H groups in total. The number of rotatable bonds is 4. The maximum Gasteiger partial charge on any atom is 0.351 e. The Morgan fingerprint density at radius 2 is 2.21 bits per heavy atom. The van der Waals surface area contributed by atoms with Gasteiger partial charge in [0.1, 0.15) is 0 Å². The van der Waals surface area contributed by atoms with Crippen LogP contribution in [0.4, 0.5) is 0 Å². The summed E-state index contributed by atoms with van der Waals surface area (Å²) in [7, 11) is 1.33. The van der Waals surface area contributed by atoms with Crippen LogP contribution in [0.25, 0.3) is 0 Å². The molecule has 1 aromatic heterocycles. The van der Waals surface area contributed by atoms with Gasteiger partial charge in [0.15, 0.2) is 14.4 Å². The van der Waals surface area contributed by atoms with Crippen molar-refractivity contribution in [3.63, 3.8) is 0 Å². The summed E-state index contributed by atoms with van der Waals surface area (Å²) < 4.78 is 5.42. The molecule has 0 aliphatic heterocycles. The predicted octanol–water partition coefficient (Wildman–Crippen LogP) is 4.18. The van der Waals surface area contributed by atoms with Crippen molar-refractivity contribution in [1.82, 2.24) is 4.98 Å². The number of nitrogens with zero attached hydrogens (tertiary/aromatic N) is 1. The smallest absolute Gasteiger partial charge is 0.351 e. The molecule has 3 nitrogen and oxygen atoms in total. The minimum absolute atomic E-state index is 0.212. The molecule has 6 heteroatoms. The molecule has 0 fully saturated rings. The molecule has 0 saturated heterocycles. The van der Waals surface area contributed by atoms with Crippen molar-refractivity contribution in [2.75, 3.05) is 7.11 Å². The van der Waals surface area contributed by atoms with E-state index in [1.54, 1.807) is 11.8 Å². The molecular weight excluding hydrogens is 302 g/mol. The Labute approximate surface area is 125 Å². The maximum absolute atomic E-state index is 11.4. The molecule has 0 amide bonds. The highest BCUT2D eigenvalue weighted by atomic mass is 35.5. The SMILES string of the molecule is COC(=O)c1sc(SCc2ccccc2C)nc1Cl. The maximum atomic E-state index is 11.4. The van der Waals surface area contributed by atoms with E-state index in [9.17, 15) is 4.79 Å². The number of thiazole rings is 1. The Bertz CT molecular complexity index is 598. The molecule has 1 aromatic carbocycles. The standard InChI is InChI=1S/C13H12ClNO2S2/c1-8-5-3-4-6-9(8)7-18-13-15-11(14)10(19-13)12(16)17-2/h3-6H,7H2,1-2H3. The zero-order chi connectivity index (χ0) is 13.8. The third kappa shape index (κ3) is 3.49. The minimum Gasteiger partial charge on any atom is -0.465 e. The summed E-state index contributed by atoms with van der Waals surface area (Å²) in [5, 5.41) is 0.212.